The Hall–Kier alpha value is -0.380. The molecule has 0 radical (unpaired) electrons. The van der Waals surface area contributed by atoms with Crippen molar-refractivity contribution in [1.82, 2.24) is 0 Å². The minimum absolute atomic E-state index is 0.0421. The first-order valence-electron chi connectivity index (χ1n) is 7.05. The summed E-state index contributed by atoms with van der Waals surface area (Å²) in [6.07, 6.45) is 6.43. The molecule has 2 rings (SSSR count). The number of aliphatic hydroxyl groups excluding tert-OH is 2. The van der Waals surface area contributed by atoms with E-state index in [1.54, 1.807) is 0 Å². The van der Waals surface area contributed by atoms with Crippen LogP contribution in [0, 0.1) is 17.3 Å². The molecule has 0 unspecified atom stereocenters. The van der Waals surface area contributed by atoms with Gasteiger partial charge in [-0.2, -0.15) is 0 Å². The van der Waals surface area contributed by atoms with E-state index in [1.165, 1.54) is 0 Å². The Morgan fingerprint density at radius 1 is 1.28 bits per heavy atom. The van der Waals surface area contributed by atoms with Crippen molar-refractivity contribution in [1.29, 1.82) is 0 Å². The Labute approximate surface area is 110 Å². The van der Waals surface area contributed by atoms with Gasteiger partial charge in [-0.05, 0) is 61.9 Å². The summed E-state index contributed by atoms with van der Waals surface area (Å²) in [4.78, 5) is 0. The summed E-state index contributed by atoms with van der Waals surface area (Å²) in [6, 6.07) is 0. The highest BCUT2D eigenvalue weighted by Gasteiger charge is 2.55. The van der Waals surface area contributed by atoms with Crippen molar-refractivity contribution in [2.24, 2.45) is 17.3 Å². The molecule has 0 aromatic carbocycles. The minimum Gasteiger partial charge on any atom is -0.396 e. The lowest BCUT2D eigenvalue weighted by Gasteiger charge is -2.57. The monoisotopic (exact) mass is 254 g/mol. The predicted octanol–water partition coefficient (Wildman–Crippen LogP) is 1.86. The molecular weight excluding hydrogens is 228 g/mol. The van der Waals surface area contributed by atoms with Gasteiger partial charge in [-0.3, -0.25) is 0 Å². The molecule has 104 valence electrons. The van der Waals surface area contributed by atoms with Crippen molar-refractivity contribution in [3.8, 4) is 0 Å². The lowest BCUT2D eigenvalue weighted by Crippen LogP contribution is -2.57. The topological polar surface area (TPSA) is 60.7 Å². The average molecular weight is 254 g/mol. The molecule has 18 heavy (non-hydrogen) atoms. The van der Waals surface area contributed by atoms with Gasteiger partial charge in [0.2, 0.25) is 0 Å². The van der Waals surface area contributed by atoms with Gasteiger partial charge in [0.1, 0.15) is 0 Å². The zero-order chi connectivity index (χ0) is 13.4. The first-order chi connectivity index (χ1) is 8.43. The average Bonchev–Trinajstić information content (AvgIpc) is 2.37. The molecule has 4 atom stereocenters. The smallest absolute Gasteiger partial charge is 0.0653 e. The van der Waals surface area contributed by atoms with E-state index in [0.29, 0.717) is 11.8 Å². The summed E-state index contributed by atoms with van der Waals surface area (Å²) in [5.41, 5.74) is 0.402. The second-order valence-electron chi connectivity index (χ2n) is 6.68. The number of hydrogen-bond acceptors (Lipinski definition) is 3. The Balaban J connectivity index is 2.18. The van der Waals surface area contributed by atoms with Gasteiger partial charge in [0.15, 0.2) is 0 Å². The highest BCUT2D eigenvalue weighted by molar-refractivity contribution is 5.11. The largest absolute Gasteiger partial charge is 0.396 e. The van der Waals surface area contributed by atoms with Crippen LogP contribution < -0.4 is 0 Å². The van der Waals surface area contributed by atoms with Crippen molar-refractivity contribution < 1.29 is 15.3 Å². The number of fused-ring (bicyclic) bond motifs is 1. The summed E-state index contributed by atoms with van der Waals surface area (Å²) in [6.45, 7) is 4.36. The first kappa shape index (κ1) is 14.0. The van der Waals surface area contributed by atoms with Crippen LogP contribution in [0.4, 0.5) is 0 Å². The molecule has 0 aromatic heterocycles. The first-order valence-corrected chi connectivity index (χ1v) is 7.05. The fourth-order valence-electron chi connectivity index (χ4n) is 3.85. The molecule has 0 spiro atoms. The van der Waals surface area contributed by atoms with Crippen LogP contribution in [-0.4, -0.2) is 34.1 Å². The third-order valence-electron chi connectivity index (χ3n) is 5.29. The van der Waals surface area contributed by atoms with E-state index in [1.807, 2.05) is 6.92 Å². The maximum Gasteiger partial charge on any atom is 0.0653 e. The van der Waals surface area contributed by atoms with Crippen LogP contribution >= 0.6 is 0 Å². The predicted molar refractivity (Wildman–Crippen MR) is 71.1 cm³/mol. The third-order valence-corrected chi connectivity index (χ3v) is 5.29. The molecule has 2 aliphatic rings. The molecule has 1 fully saturated rings. The summed E-state index contributed by atoms with van der Waals surface area (Å²) >= 11 is 0. The lowest BCUT2D eigenvalue weighted by molar-refractivity contribution is -0.163. The molecule has 2 aliphatic carbocycles. The second kappa shape index (κ2) is 4.95. The molecule has 0 aliphatic heterocycles. The highest BCUT2D eigenvalue weighted by atomic mass is 16.3. The number of allylic oxidation sites excluding steroid dienone is 1. The Bertz CT molecular complexity index is 335. The van der Waals surface area contributed by atoms with Gasteiger partial charge in [-0.1, -0.05) is 13.0 Å². The van der Waals surface area contributed by atoms with Crippen LogP contribution in [0.15, 0.2) is 11.6 Å². The van der Waals surface area contributed by atoms with Crippen LogP contribution in [-0.2, 0) is 0 Å². The fraction of sp³-hybridized carbons (Fsp3) is 0.867. The molecule has 0 bridgehead atoms. The molecule has 3 heteroatoms. The van der Waals surface area contributed by atoms with Crippen LogP contribution in [0.1, 0.15) is 46.0 Å². The SMILES string of the molecule is C[C@]1(CO)C[C@H]2[C@H]1CC/C(CO)=C\CC[C@@]2(C)O. The molecule has 0 amide bonds. The van der Waals surface area contributed by atoms with Crippen molar-refractivity contribution >= 4 is 0 Å². The minimum atomic E-state index is -0.638. The van der Waals surface area contributed by atoms with Crippen molar-refractivity contribution in [2.75, 3.05) is 13.2 Å². The van der Waals surface area contributed by atoms with Crippen molar-refractivity contribution in [3.63, 3.8) is 0 Å². The van der Waals surface area contributed by atoms with Gasteiger partial charge in [0, 0.05) is 6.61 Å². The van der Waals surface area contributed by atoms with E-state index >= 15 is 0 Å². The van der Waals surface area contributed by atoms with E-state index in [-0.39, 0.29) is 18.6 Å². The van der Waals surface area contributed by atoms with Gasteiger partial charge in [0.25, 0.3) is 0 Å². The van der Waals surface area contributed by atoms with Crippen LogP contribution in [0.25, 0.3) is 0 Å². The quantitative estimate of drug-likeness (QED) is 0.659. The Kier molecular flexibility index (Phi) is 3.86. The summed E-state index contributed by atoms with van der Waals surface area (Å²) < 4.78 is 0. The molecule has 0 saturated heterocycles. The van der Waals surface area contributed by atoms with Gasteiger partial charge >= 0.3 is 0 Å². The van der Waals surface area contributed by atoms with Gasteiger partial charge in [-0.15, -0.1) is 0 Å². The van der Waals surface area contributed by atoms with Crippen LogP contribution in [0.3, 0.4) is 0 Å². The van der Waals surface area contributed by atoms with Gasteiger partial charge < -0.3 is 15.3 Å². The van der Waals surface area contributed by atoms with E-state index in [2.05, 4.69) is 13.0 Å². The summed E-state index contributed by atoms with van der Waals surface area (Å²) in [5, 5.41) is 29.5. The van der Waals surface area contributed by atoms with E-state index in [0.717, 1.165) is 37.7 Å². The van der Waals surface area contributed by atoms with Gasteiger partial charge in [0.05, 0.1) is 12.2 Å². The maximum absolute atomic E-state index is 10.6. The molecule has 0 heterocycles. The zero-order valence-electron chi connectivity index (χ0n) is 11.5. The van der Waals surface area contributed by atoms with Crippen LogP contribution in [0.2, 0.25) is 0 Å². The van der Waals surface area contributed by atoms with E-state index < -0.39 is 5.60 Å². The summed E-state index contributed by atoms with van der Waals surface area (Å²) in [7, 11) is 0. The van der Waals surface area contributed by atoms with E-state index in [9.17, 15) is 15.3 Å². The lowest BCUT2D eigenvalue weighted by atomic mass is 9.49. The third kappa shape index (κ3) is 2.36. The van der Waals surface area contributed by atoms with Crippen molar-refractivity contribution in [2.45, 2.75) is 51.6 Å². The Morgan fingerprint density at radius 3 is 2.61 bits per heavy atom. The molecular formula is C15H26O3. The molecule has 1 saturated carbocycles. The zero-order valence-corrected chi connectivity index (χ0v) is 11.5. The van der Waals surface area contributed by atoms with E-state index in [4.69, 9.17) is 0 Å². The standard InChI is InChI=1S/C15H26O3/c1-14(10-17)8-13-12(14)6-5-11(9-16)4-3-7-15(13,2)18/h4,12-13,16-18H,3,5-10H2,1-2H3/b11-4+/t12-,13+,14-,15-/m1/s1. The number of rotatable bonds is 2. The highest BCUT2D eigenvalue weighted by Crippen LogP contribution is 2.58. The van der Waals surface area contributed by atoms with Gasteiger partial charge in [-0.25, -0.2) is 0 Å². The van der Waals surface area contributed by atoms with Crippen molar-refractivity contribution in [3.05, 3.63) is 11.6 Å². The van der Waals surface area contributed by atoms with Crippen LogP contribution in [0.5, 0.6) is 0 Å². The fourth-order valence-corrected chi connectivity index (χ4v) is 3.85. The molecule has 0 aromatic rings. The number of hydrogen-bond donors (Lipinski definition) is 3. The Morgan fingerprint density at radius 2 is 2.00 bits per heavy atom. The second-order valence-corrected chi connectivity index (χ2v) is 6.68. The molecule has 3 nitrogen and oxygen atoms in total. The maximum atomic E-state index is 10.6. The normalized spacial score (nSPS) is 47.9. The molecule has 3 N–H and O–H groups in total. The summed E-state index contributed by atoms with van der Waals surface area (Å²) in [5.74, 6) is 0.659. The number of aliphatic hydroxyl groups is 3.